The summed E-state index contributed by atoms with van der Waals surface area (Å²) >= 11 is 0. The molecule has 2 nitrogen and oxygen atoms in total. The summed E-state index contributed by atoms with van der Waals surface area (Å²) in [6, 6.07) is 9.35. The molecule has 1 atom stereocenters. The Bertz CT molecular complexity index is 383. The van der Waals surface area contributed by atoms with Crippen molar-refractivity contribution in [3.05, 3.63) is 29.8 Å². The van der Waals surface area contributed by atoms with Gasteiger partial charge in [-0.05, 0) is 44.6 Å². The van der Waals surface area contributed by atoms with E-state index in [1.165, 1.54) is 37.7 Å². The topological polar surface area (TPSA) is 21.3 Å². The van der Waals surface area contributed by atoms with Gasteiger partial charge in [0.2, 0.25) is 0 Å². The van der Waals surface area contributed by atoms with Crippen molar-refractivity contribution in [2.45, 2.75) is 58.0 Å². The summed E-state index contributed by atoms with van der Waals surface area (Å²) in [5.74, 6) is 1.95. The quantitative estimate of drug-likeness (QED) is 0.852. The number of hydrogen-bond acceptors (Lipinski definition) is 2. The first-order chi connectivity index (χ1) is 9.24. The first-order valence-corrected chi connectivity index (χ1v) is 7.63. The number of rotatable bonds is 5. The van der Waals surface area contributed by atoms with Crippen LogP contribution < -0.4 is 10.1 Å². The monoisotopic (exact) mass is 261 g/mol. The molecule has 1 aromatic carbocycles. The van der Waals surface area contributed by atoms with Gasteiger partial charge in [-0.15, -0.1) is 0 Å². The standard InChI is InChI=1S/C17H27NO/c1-4-14-9-11-15(12-10-14)18-13(2)16-7-5-6-8-17(16)19-3/h5-8,13-15,18H,4,9-12H2,1-3H3. The molecule has 0 bridgehead atoms. The Labute approximate surface area is 117 Å². The van der Waals surface area contributed by atoms with Crippen LogP contribution in [0.25, 0.3) is 0 Å². The van der Waals surface area contributed by atoms with Gasteiger partial charge in [0.15, 0.2) is 0 Å². The number of benzene rings is 1. The molecule has 1 aliphatic rings. The van der Waals surface area contributed by atoms with Crippen LogP contribution in [0.4, 0.5) is 0 Å². The lowest BCUT2D eigenvalue weighted by Gasteiger charge is -2.31. The third kappa shape index (κ3) is 3.73. The highest BCUT2D eigenvalue weighted by Crippen LogP contribution is 2.30. The molecular weight excluding hydrogens is 234 g/mol. The summed E-state index contributed by atoms with van der Waals surface area (Å²) in [4.78, 5) is 0. The number of nitrogens with one attached hydrogen (secondary N) is 1. The molecule has 0 aliphatic heterocycles. The smallest absolute Gasteiger partial charge is 0.123 e. The highest BCUT2D eigenvalue weighted by atomic mass is 16.5. The van der Waals surface area contributed by atoms with E-state index in [0.29, 0.717) is 12.1 Å². The van der Waals surface area contributed by atoms with Gasteiger partial charge in [-0.3, -0.25) is 0 Å². The van der Waals surface area contributed by atoms with Crippen LogP contribution in [0.3, 0.4) is 0 Å². The van der Waals surface area contributed by atoms with E-state index in [1.54, 1.807) is 7.11 Å². The van der Waals surface area contributed by atoms with Crippen molar-refractivity contribution in [3.8, 4) is 5.75 Å². The van der Waals surface area contributed by atoms with Crippen molar-refractivity contribution in [2.24, 2.45) is 5.92 Å². The highest BCUT2D eigenvalue weighted by Gasteiger charge is 2.22. The Morgan fingerprint density at radius 2 is 1.89 bits per heavy atom. The van der Waals surface area contributed by atoms with Gasteiger partial charge in [-0.2, -0.15) is 0 Å². The minimum Gasteiger partial charge on any atom is -0.496 e. The average Bonchev–Trinajstić information content (AvgIpc) is 2.48. The molecular formula is C17H27NO. The van der Waals surface area contributed by atoms with E-state index in [9.17, 15) is 0 Å². The molecule has 2 rings (SSSR count). The van der Waals surface area contributed by atoms with Crippen molar-refractivity contribution in [1.29, 1.82) is 0 Å². The molecule has 1 unspecified atom stereocenters. The SMILES string of the molecule is CCC1CCC(NC(C)c2ccccc2OC)CC1. The Kier molecular flexibility index (Phi) is 5.26. The van der Waals surface area contributed by atoms with Gasteiger partial charge in [0.1, 0.15) is 5.75 Å². The van der Waals surface area contributed by atoms with Crippen LogP contribution in [0.15, 0.2) is 24.3 Å². The maximum Gasteiger partial charge on any atom is 0.123 e. The van der Waals surface area contributed by atoms with Crippen LogP contribution in [0.5, 0.6) is 5.75 Å². The fourth-order valence-corrected chi connectivity index (χ4v) is 3.20. The van der Waals surface area contributed by atoms with Crippen molar-refractivity contribution in [2.75, 3.05) is 7.11 Å². The Hall–Kier alpha value is -1.02. The maximum absolute atomic E-state index is 5.45. The minimum atomic E-state index is 0.360. The van der Waals surface area contributed by atoms with E-state index in [0.717, 1.165) is 11.7 Å². The van der Waals surface area contributed by atoms with Crippen LogP contribution in [0.2, 0.25) is 0 Å². The third-order valence-electron chi connectivity index (χ3n) is 4.52. The molecule has 0 amide bonds. The second-order valence-electron chi connectivity index (χ2n) is 5.76. The van der Waals surface area contributed by atoms with Crippen LogP contribution in [-0.2, 0) is 0 Å². The molecule has 1 aliphatic carbocycles. The van der Waals surface area contributed by atoms with Gasteiger partial charge in [-0.25, -0.2) is 0 Å². The summed E-state index contributed by atoms with van der Waals surface area (Å²) in [5.41, 5.74) is 1.27. The predicted octanol–water partition coefficient (Wildman–Crippen LogP) is 4.31. The summed E-state index contributed by atoms with van der Waals surface area (Å²) in [6.45, 7) is 4.56. The molecule has 2 heteroatoms. The molecule has 1 saturated carbocycles. The Morgan fingerprint density at radius 1 is 1.21 bits per heavy atom. The maximum atomic E-state index is 5.45. The molecule has 0 saturated heterocycles. The van der Waals surface area contributed by atoms with E-state index in [1.807, 2.05) is 12.1 Å². The molecule has 0 aromatic heterocycles. The second-order valence-corrected chi connectivity index (χ2v) is 5.76. The molecule has 106 valence electrons. The van der Waals surface area contributed by atoms with Gasteiger partial charge in [-0.1, -0.05) is 31.5 Å². The lowest BCUT2D eigenvalue weighted by molar-refractivity contribution is 0.271. The van der Waals surface area contributed by atoms with Crippen LogP contribution in [0, 0.1) is 5.92 Å². The molecule has 0 heterocycles. The number of hydrogen-bond donors (Lipinski definition) is 1. The van der Waals surface area contributed by atoms with Gasteiger partial charge in [0.05, 0.1) is 7.11 Å². The second kappa shape index (κ2) is 6.95. The highest BCUT2D eigenvalue weighted by molar-refractivity contribution is 5.35. The average molecular weight is 261 g/mol. The summed E-state index contributed by atoms with van der Waals surface area (Å²) in [5, 5.41) is 3.77. The van der Waals surface area contributed by atoms with Crippen molar-refractivity contribution < 1.29 is 4.74 Å². The van der Waals surface area contributed by atoms with E-state index in [-0.39, 0.29) is 0 Å². The van der Waals surface area contributed by atoms with Gasteiger partial charge in [0, 0.05) is 17.6 Å². The molecule has 1 aromatic rings. The van der Waals surface area contributed by atoms with E-state index >= 15 is 0 Å². The fourth-order valence-electron chi connectivity index (χ4n) is 3.20. The van der Waals surface area contributed by atoms with Gasteiger partial charge >= 0.3 is 0 Å². The Morgan fingerprint density at radius 3 is 2.53 bits per heavy atom. The lowest BCUT2D eigenvalue weighted by Crippen LogP contribution is -2.35. The fraction of sp³-hybridized carbons (Fsp3) is 0.647. The van der Waals surface area contributed by atoms with E-state index in [4.69, 9.17) is 4.74 Å². The van der Waals surface area contributed by atoms with Gasteiger partial charge < -0.3 is 10.1 Å². The number of ether oxygens (including phenoxy) is 1. The summed E-state index contributed by atoms with van der Waals surface area (Å²) < 4.78 is 5.45. The van der Waals surface area contributed by atoms with Crippen LogP contribution >= 0.6 is 0 Å². The number of methoxy groups -OCH3 is 1. The first-order valence-electron chi connectivity index (χ1n) is 7.63. The molecule has 0 radical (unpaired) electrons. The van der Waals surface area contributed by atoms with E-state index in [2.05, 4.69) is 31.3 Å². The van der Waals surface area contributed by atoms with Gasteiger partial charge in [0.25, 0.3) is 0 Å². The zero-order valence-corrected chi connectivity index (χ0v) is 12.5. The molecule has 1 fully saturated rings. The van der Waals surface area contributed by atoms with Crippen LogP contribution in [-0.4, -0.2) is 13.2 Å². The summed E-state index contributed by atoms with van der Waals surface area (Å²) in [6.07, 6.45) is 6.74. The minimum absolute atomic E-state index is 0.360. The predicted molar refractivity (Wildman–Crippen MR) is 80.6 cm³/mol. The van der Waals surface area contributed by atoms with E-state index < -0.39 is 0 Å². The number of para-hydroxylation sites is 1. The van der Waals surface area contributed by atoms with Crippen molar-refractivity contribution >= 4 is 0 Å². The van der Waals surface area contributed by atoms with Crippen molar-refractivity contribution in [1.82, 2.24) is 5.32 Å². The molecule has 1 N–H and O–H groups in total. The summed E-state index contributed by atoms with van der Waals surface area (Å²) in [7, 11) is 1.75. The van der Waals surface area contributed by atoms with Crippen LogP contribution in [0.1, 0.15) is 57.6 Å². The third-order valence-corrected chi connectivity index (χ3v) is 4.52. The van der Waals surface area contributed by atoms with Crippen molar-refractivity contribution in [3.63, 3.8) is 0 Å². The normalized spacial score (nSPS) is 25.0. The Balaban J connectivity index is 1.92. The molecule has 19 heavy (non-hydrogen) atoms. The largest absolute Gasteiger partial charge is 0.496 e. The lowest BCUT2D eigenvalue weighted by atomic mass is 9.84. The zero-order valence-electron chi connectivity index (χ0n) is 12.5. The zero-order chi connectivity index (χ0) is 13.7. The molecule has 0 spiro atoms. The first kappa shape index (κ1) is 14.4.